The van der Waals surface area contributed by atoms with Crippen molar-refractivity contribution in [3.05, 3.63) is 52.9 Å². The van der Waals surface area contributed by atoms with E-state index < -0.39 is 0 Å². The first-order chi connectivity index (χ1) is 11.7. The Kier molecular flexibility index (Phi) is 3.80. The summed E-state index contributed by atoms with van der Waals surface area (Å²) >= 11 is 0. The molecule has 0 spiro atoms. The second kappa shape index (κ2) is 6.11. The fourth-order valence-electron chi connectivity index (χ4n) is 3.57. The van der Waals surface area contributed by atoms with E-state index in [0.717, 1.165) is 42.7 Å². The smallest absolute Gasteiger partial charge is 0.266 e. The van der Waals surface area contributed by atoms with Gasteiger partial charge in [-0.15, -0.1) is 0 Å². The molecule has 124 valence electrons. The maximum atomic E-state index is 11.9. The number of nitrogens with one attached hydrogen (secondary N) is 1. The normalized spacial score (nSPS) is 21.0. The summed E-state index contributed by atoms with van der Waals surface area (Å²) in [5.41, 5.74) is 2.13. The number of hydrogen-bond acceptors (Lipinski definition) is 4. The van der Waals surface area contributed by atoms with Gasteiger partial charge in [-0.05, 0) is 43.9 Å². The molecule has 0 amide bonds. The first-order valence-corrected chi connectivity index (χ1v) is 8.44. The van der Waals surface area contributed by atoms with Crippen LogP contribution in [0.1, 0.15) is 31.7 Å². The first kappa shape index (κ1) is 14.9. The number of imidazole rings is 1. The Labute approximate surface area is 140 Å². The van der Waals surface area contributed by atoms with Crippen LogP contribution < -0.4 is 10.9 Å². The topological polar surface area (TPSA) is 64.7 Å². The summed E-state index contributed by atoms with van der Waals surface area (Å²) in [4.78, 5) is 16.6. The van der Waals surface area contributed by atoms with E-state index in [-0.39, 0.29) is 11.6 Å². The lowest BCUT2D eigenvalue weighted by molar-refractivity contribution is 0.303. The Morgan fingerprint density at radius 1 is 1.08 bits per heavy atom. The Balaban J connectivity index is 1.45. The van der Waals surface area contributed by atoms with Crippen LogP contribution in [0.2, 0.25) is 0 Å². The SMILES string of the molecule is Cn1c(NC2CCC(n3ncccc3=O)CC2)nc2ccccc21. The highest BCUT2D eigenvalue weighted by Crippen LogP contribution is 2.29. The average molecular weight is 323 g/mol. The Bertz CT molecular complexity index is 905. The summed E-state index contributed by atoms with van der Waals surface area (Å²) in [6.45, 7) is 0. The number of nitrogens with zero attached hydrogens (tertiary/aromatic N) is 4. The van der Waals surface area contributed by atoms with Gasteiger partial charge in [0.05, 0.1) is 17.1 Å². The molecule has 3 aromatic rings. The molecular weight excluding hydrogens is 302 g/mol. The van der Waals surface area contributed by atoms with Crippen LogP contribution in [0.25, 0.3) is 11.0 Å². The van der Waals surface area contributed by atoms with E-state index in [0.29, 0.717) is 6.04 Å². The minimum absolute atomic E-state index is 0.00994. The summed E-state index contributed by atoms with van der Waals surface area (Å²) in [6, 6.07) is 12.0. The van der Waals surface area contributed by atoms with Crippen molar-refractivity contribution < 1.29 is 0 Å². The highest BCUT2D eigenvalue weighted by molar-refractivity contribution is 5.78. The predicted molar refractivity (Wildman–Crippen MR) is 94.1 cm³/mol. The molecule has 6 heteroatoms. The van der Waals surface area contributed by atoms with E-state index in [2.05, 4.69) is 26.0 Å². The number of anilines is 1. The number of fused-ring (bicyclic) bond motifs is 1. The van der Waals surface area contributed by atoms with Crippen LogP contribution in [-0.2, 0) is 7.05 Å². The number of benzene rings is 1. The molecule has 1 aromatic carbocycles. The standard InChI is InChI=1S/C18H21N5O/c1-22-16-6-3-2-5-15(16)21-18(22)20-13-8-10-14(11-9-13)23-17(24)7-4-12-19-23/h2-7,12-14H,8-11H2,1H3,(H,20,21). The lowest BCUT2D eigenvalue weighted by Gasteiger charge is -2.29. The molecule has 1 fully saturated rings. The van der Waals surface area contributed by atoms with Crippen molar-refractivity contribution in [2.24, 2.45) is 7.05 Å². The number of para-hydroxylation sites is 2. The van der Waals surface area contributed by atoms with Gasteiger partial charge in [0.15, 0.2) is 0 Å². The van der Waals surface area contributed by atoms with Gasteiger partial charge < -0.3 is 9.88 Å². The van der Waals surface area contributed by atoms with Crippen LogP contribution in [0, 0.1) is 0 Å². The Morgan fingerprint density at radius 3 is 2.62 bits per heavy atom. The molecule has 1 aliphatic carbocycles. The summed E-state index contributed by atoms with van der Waals surface area (Å²) in [6.07, 6.45) is 5.62. The molecular formula is C18H21N5O. The van der Waals surface area contributed by atoms with Crippen LogP contribution in [0.15, 0.2) is 47.4 Å². The van der Waals surface area contributed by atoms with E-state index in [9.17, 15) is 4.79 Å². The molecule has 24 heavy (non-hydrogen) atoms. The summed E-state index contributed by atoms with van der Waals surface area (Å²) in [7, 11) is 2.04. The number of aromatic nitrogens is 4. The first-order valence-electron chi connectivity index (χ1n) is 8.44. The Hall–Kier alpha value is -2.63. The van der Waals surface area contributed by atoms with Crippen LogP contribution >= 0.6 is 0 Å². The number of rotatable bonds is 3. The zero-order chi connectivity index (χ0) is 16.5. The molecule has 0 bridgehead atoms. The van der Waals surface area contributed by atoms with Gasteiger partial charge in [0, 0.05) is 25.4 Å². The van der Waals surface area contributed by atoms with Gasteiger partial charge in [0.2, 0.25) is 5.95 Å². The maximum absolute atomic E-state index is 11.9. The van der Waals surface area contributed by atoms with E-state index in [4.69, 9.17) is 0 Å². The van der Waals surface area contributed by atoms with Gasteiger partial charge in [-0.1, -0.05) is 12.1 Å². The lowest BCUT2D eigenvalue weighted by Crippen LogP contribution is -2.33. The monoisotopic (exact) mass is 323 g/mol. The van der Waals surface area contributed by atoms with Crippen molar-refractivity contribution in [1.82, 2.24) is 19.3 Å². The third-order valence-electron chi connectivity index (χ3n) is 4.90. The van der Waals surface area contributed by atoms with Crippen molar-refractivity contribution >= 4 is 17.0 Å². The molecule has 1 N–H and O–H groups in total. The molecule has 0 atom stereocenters. The molecule has 0 aliphatic heterocycles. The molecule has 0 saturated heterocycles. The fraction of sp³-hybridized carbons (Fsp3) is 0.389. The van der Waals surface area contributed by atoms with Crippen molar-refractivity contribution in [2.45, 2.75) is 37.8 Å². The minimum atomic E-state index is -0.00994. The molecule has 2 heterocycles. The fourth-order valence-corrected chi connectivity index (χ4v) is 3.57. The molecule has 1 saturated carbocycles. The zero-order valence-corrected chi connectivity index (χ0v) is 13.7. The summed E-state index contributed by atoms with van der Waals surface area (Å²) in [5, 5.41) is 7.79. The molecule has 2 aromatic heterocycles. The number of aryl methyl sites for hydroxylation is 1. The average Bonchev–Trinajstić information content (AvgIpc) is 2.93. The lowest BCUT2D eigenvalue weighted by atomic mass is 9.91. The van der Waals surface area contributed by atoms with Crippen molar-refractivity contribution in [1.29, 1.82) is 0 Å². The second-order valence-corrected chi connectivity index (χ2v) is 6.44. The number of hydrogen-bond donors (Lipinski definition) is 1. The maximum Gasteiger partial charge on any atom is 0.266 e. The molecule has 0 unspecified atom stereocenters. The van der Waals surface area contributed by atoms with Gasteiger partial charge >= 0.3 is 0 Å². The predicted octanol–water partition coefficient (Wildman–Crippen LogP) is 2.73. The van der Waals surface area contributed by atoms with Crippen LogP contribution in [0.5, 0.6) is 0 Å². The quantitative estimate of drug-likeness (QED) is 0.805. The van der Waals surface area contributed by atoms with E-state index in [1.165, 1.54) is 0 Å². The highest BCUT2D eigenvalue weighted by atomic mass is 16.1. The van der Waals surface area contributed by atoms with Gasteiger partial charge in [-0.25, -0.2) is 9.67 Å². The van der Waals surface area contributed by atoms with Crippen molar-refractivity contribution in [3.63, 3.8) is 0 Å². The molecule has 4 rings (SSSR count). The largest absolute Gasteiger partial charge is 0.353 e. The van der Waals surface area contributed by atoms with Gasteiger partial charge in [-0.3, -0.25) is 4.79 Å². The van der Waals surface area contributed by atoms with Crippen LogP contribution in [0.3, 0.4) is 0 Å². The summed E-state index contributed by atoms with van der Waals surface area (Å²) < 4.78 is 3.73. The minimum Gasteiger partial charge on any atom is -0.353 e. The second-order valence-electron chi connectivity index (χ2n) is 6.44. The Morgan fingerprint density at radius 2 is 1.88 bits per heavy atom. The molecule has 1 aliphatic rings. The third-order valence-corrected chi connectivity index (χ3v) is 4.90. The van der Waals surface area contributed by atoms with Crippen molar-refractivity contribution in [3.8, 4) is 0 Å². The van der Waals surface area contributed by atoms with Gasteiger partial charge in [0.25, 0.3) is 5.56 Å². The van der Waals surface area contributed by atoms with Gasteiger partial charge in [0.1, 0.15) is 0 Å². The van der Waals surface area contributed by atoms with E-state index in [1.807, 2.05) is 25.2 Å². The zero-order valence-electron chi connectivity index (χ0n) is 13.7. The van der Waals surface area contributed by atoms with Crippen molar-refractivity contribution in [2.75, 3.05) is 5.32 Å². The summed E-state index contributed by atoms with van der Waals surface area (Å²) in [5.74, 6) is 0.912. The van der Waals surface area contributed by atoms with Gasteiger partial charge in [-0.2, -0.15) is 5.10 Å². The molecule has 0 radical (unpaired) electrons. The molecule has 6 nitrogen and oxygen atoms in total. The van der Waals surface area contributed by atoms with E-state index in [1.54, 1.807) is 23.0 Å². The third kappa shape index (κ3) is 2.68. The van der Waals surface area contributed by atoms with Crippen LogP contribution in [-0.4, -0.2) is 25.4 Å². The highest BCUT2D eigenvalue weighted by Gasteiger charge is 2.24. The van der Waals surface area contributed by atoms with Crippen LogP contribution in [0.4, 0.5) is 5.95 Å². The van der Waals surface area contributed by atoms with E-state index >= 15 is 0 Å².